The smallest absolute Gasteiger partial charge is 0.167 e. The van der Waals surface area contributed by atoms with Crippen LogP contribution in [0.25, 0.3) is 156 Å². The summed E-state index contributed by atoms with van der Waals surface area (Å²) in [6, 6.07) is 74.4. The molecule has 0 aliphatic heterocycles. The van der Waals surface area contributed by atoms with Crippen molar-refractivity contribution in [3.05, 3.63) is 206 Å². The maximum absolute atomic E-state index is 6.72. The molecule has 0 aliphatic rings. The summed E-state index contributed by atoms with van der Waals surface area (Å²) >= 11 is 3.63. The lowest BCUT2D eigenvalue weighted by Gasteiger charge is -2.16. The van der Waals surface area contributed by atoms with Gasteiger partial charge in [-0.3, -0.25) is 0 Å². The standard InChI is InChI=1S/C63H34N4OS2/c1-2-16-38-32-52-49(31-37(38)15-1)57-39-17-5-3-13-35(39)28-30-51(57)67(52)53-34-56-48(45-29-27-36-14-4-6-18-40(36)59(45)70-56)33-50(53)63-65-61(46-23-11-21-43-41-19-7-9-25-54(41)68-58(43)46)64-62(66-63)47-24-12-22-44-42-20-8-10-26-55(42)69-60(44)47/h1-34H. The minimum absolute atomic E-state index is 0.550. The van der Waals surface area contributed by atoms with Gasteiger partial charge in [0.05, 0.1) is 22.3 Å². The summed E-state index contributed by atoms with van der Waals surface area (Å²) in [7, 11) is 0. The highest BCUT2D eigenvalue weighted by molar-refractivity contribution is 7.27. The third kappa shape index (κ3) is 5.44. The van der Waals surface area contributed by atoms with Crippen LogP contribution < -0.4 is 0 Å². The summed E-state index contributed by atoms with van der Waals surface area (Å²) in [4.78, 5) is 16.7. The van der Waals surface area contributed by atoms with Crippen LogP contribution >= 0.6 is 22.7 Å². The van der Waals surface area contributed by atoms with E-state index >= 15 is 0 Å². The van der Waals surface area contributed by atoms with Gasteiger partial charge < -0.3 is 8.98 Å². The summed E-state index contributed by atoms with van der Waals surface area (Å²) in [6.45, 7) is 0. The van der Waals surface area contributed by atoms with Gasteiger partial charge in [-0.2, -0.15) is 0 Å². The number of aromatic nitrogens is 4. The van der Waals surface area contributed by atoms with Crippen molar-refractivity contribution < 1.29 is 4.42 Å². The number of para-hydroxylation sites is 2. The molecule has 5 aromatic heterocycles. The topological polar surface area (TPSA) is 56.7 Å². The number of nitrogens with zero attached hydrogens (tertiary/aromatic N) is 4. The van der Waals surface area contributed by atoms with Gasteiger partial charge in [0.15, 0.2) is 17.5 Å². The second-order valence-electron chi connectivity index (χ2n) is 18.2. The van der Waals surface area contributed by atoms with Crippen LogP contribution in [0.1, 0.15) is 0 Å². The molecule has 16 aromatic rings. The van der Waals surface area contributed by atoms with E-state index in [1.807, 2.05) is 23.5 Å². The molecule has 0 unspecified atom stereocenters. The molecule has 7 heteroatoms. The SMILES string of the molecule is c1ccc2cc3c(cc2c1)c1c2ccccc2ccc1n3-c1cc2sc3c4ccccc4ccc3c2cc1-c1nc(-c2cccc3c2oc2ccccc23)nc(-c2cccc3c2sc2ccccc23)n1. The normalized spacial score (nSPS) is 12.3. The molecular formula is C63H34N4OS2. The van der Waals surface area contributed by atoms with Crippen molar-refractivity contribution in [3.8, 4) is 39.9 Å². The number of hydrogen-bond acceptors (Lipinski definition) is 6. The first-order valence-electron chi connectivity index (χ1n) is 23.5. The first-order valence-corrected chi connectivity index (χ1v) is 25.1. The molecule has 11 aromatic carbocycles. The van der Waals surface area contributed by atoms with E-state index in [-0.39, 0.29) is 0 Å². The van der Waals surface area contributed by atoms with E-state index in [1.54, 1.807) is 11.3 Å². The molecule has 0 amide bonds. The van der Waals surface area contributed by atoms with Crippen LogP contribution in [-0.4, -0.2) is 19.5 Å². The molecule has 0 aliphatic carbocycles. The van der Waals surface area contributed by atoms with Crippen molar-refractivity contribution in [1.29, 1.82) is 0 Å². The lowest BCUT2D eigenvalue weighted by atomic mass is 10.0. The molecule has 0 radical (unpaired) electrons. The molecule has 0 atom stereocenters. The molecule has 5 heterocycles. The summed E-state index contributed by atoms with van der Waals surface area (Å²) in [6.07, 6.45) is 0. The maximum Gasteiger partial charge on any atom is 0.167 e. The minimum atomic E-state index is 0.550. The average Bonchev–Trinajstić information content (AvgIpc) is 4.18. The Balaban J connectivity index is 1.07. The second kappa shape index (κ2) is 14.4. The summed E-state index contributed by atoms with van der Waals surface area (Å²) in [5.74, 6) is 1.74. The van der Waals surface area contributed by atoms with Gasteiger partial charge >= 0.3 is 0 Å². The zero-order valence-electron chi connectivity index (χ0n) is 37.1. The molecular weight excluding hydrogens is 893 g/mol. The Bertz CT molecular complexity index is 4790. The highest BCUT2D eigenvalue weighted by Crippen LogP contribution is 2.47. The van der Waals surface area contributed by atoms with E-state index in [0.29, 0.717) is 17.5 Å². The van der Waals surface area contributed by atoms with E-state index in [2.05, 4.69) is 199 Å². The molecule has 0 saturated carbocycles. The lowest BCUT2D eigenvalue weighted by molar-refractivity contribution is 0.669. The van der Waals surface area contributed by atoms with E-state index in [1.165, 1.54) is 73.3 Å². The summed E-state index contributed by atoms with van der Waals surface area (Å²) < 4.78 is 14.0. The second-order valence-corrected chi connectivity index (χ2v) is 20.3. The van der Waals surface area contributed by atoms with Crippen molar-refractivity contribution in [1.82, 2.24) is 19.5 Å². The Morgan fingerprint density at radius 1 is 0.343 bits per heavy atom. The van der Waals surface area contributed by atoms with E-state index < -0.39 is 0 Å². The lowest BCUT2D eigenvalue weighted by Crippen LogP contribution is -2.04. The van der Waals surface area contributed by atoms with Crippen LogP contribution in [-0.2, 0) is 0 Å². The van der Waals surface area contributed by atoms with Gasteiger partial charge in [-0.05, 0) is 86.9 Å². The molecule has 16 rings (SSSR count). The monoisotopic (exact) mass is 926 g/mol. The van der Waals surface area contributed by atoms with E-state index in [0.717, 1.165) is 65.4 Å². The van der Waals surface area contributed by atoms with Gasteiger partial charge in [0.2, 0.25) is 0 Å². The summed E-state index contributed by atoms with van der Waals surface area (Å²) in [5.41, 5.74) is 7.49. The maximum atomic E-state index is 6.72. The van der Waals surface area contributed by atoms with Gasteiger partial charge in [0.1, 0.15) is 11.2 Å². The molecule has 324 valence electrons. The molecule has 5 nitrogen and oxygen atoms in total. The number of fused-ring (bicyclic) bond motifs is 17. The predicted molar refractivity (Wildman–Crippen MR) is 296 cm³/mol. The number of hydrogen-bond donors (Lipinski definition) is 0. The van der Waals surface area contributed by atoms with Crippen molar-refractivity contribution in [3.63, 3.8) is 0 Å². The van der Waals surface area contributed by atoms with Crippen LogP contribution in [0.2, 0.25) is 0 Å². The third-order valence-corrected chi connectivity index (χ3v) is 16.8. The zero-order valence-corrected chi connectivity index (χ0v) is 38.8. The fraction of sp³-hybridized carbons (Fsp3) is 0. The Kier molecular flexibility index (Phi) is 7.86. The van der Waals surface area contributed by atoms with Gasteiger partial charge in [0, 0.05) is 73.0 Å². The quantitative estimate of drug-likeness (QED) is 0.176. The van der Waals surface area contributed by atoms with Crippen molar-refractivity contribution in [2.75, 3.05) is 0 Å². The average molecular weight is 927 g/mol. The molecule has 70 heavy (non-hydrogen) atoms. The number of thiophene rings is 2. The highest BCUT2D eigenvalue weighted by Gasteiger charge is 2.25. The van der Waals surface area contributed by atoms with Crippen molar-refractivity contribution in [2.45, 2.75) is 0 Å². The van der Waals surface area contributed by atoms with Crippen LogP contribution in [0.15, 0.2) is 211 Å². The van der Waals surface area contributed by atoms with Gasteiger partial charge in [-0.15, -0.1) is 22.7 Å². The van der Waals surface area contributed by atoms with Crippen LogP contribution in [0.3, 0.4) is 0 Å². The fourth-order valence-electron chi connectivity index (χ4n) is 11.2. The highest BCUT2D eigenvalue weighted by atomic mass is 32.1. The first-order chi connectivity index (χ1) is 34.7. The Hall–Kier alpha value is -8.75. The van der Waals surface area contributed by atoms with Crippen LogP contribution in [0.4, 0.5) is 0 Å². The Morgan fingerprint density at radius 2 is 0.943 bits per heavy atom. The zero-order chi connectivity index (χ0) is 45.6. The van der Waals surface area contributed by atoms with E-state index in [4.69, 9.17) is 19.4 Å². The molecule has 0 saturated heterocycles. The van der Waals surface area contributed by atoms with E-state index in [9.17, 15) is 0 Å². The number of furan rings is 1. The fourth-order valence-corrected chi connectivity index (χ4v) is 13.7. The van der Waals surface area contributed by atoms with Crippen LogP contribution in [0.5, 0.6) is 0 Å². The van der Waals surface area contributed by atoms with Gasteiger partial charge in [-0.25, -0.2) is 15.0 Å². The predicted octanol–water partition coefficient (Wildman–Crippen LogP) is 18.1. The number of benzene rings is 11. The molecule has 0 bridgehead atoms. The largest absolute Gasteiger partial charge is 0.455 e. The third-order valence-electron chi connectivity index (χ3n) is 14.4. The minimum Gasteiger partial charge on any atom is -0.455 e. The van der Waals surface area contributed by atoms with Gasteiger partial charge in [0.25, 0.3) is 0 Å². The summed E-state index contributed by atoms with van der Waals surface area (Å²) in [5, 5.41) is 16.6. The first kappa shape index (κ1) is 38.2. The van der Waals surface area contributed by atoms with Gasteiger partial charge in [-0.1, -0.05) is 152 Å². The molecule has 0 N–H and O–H groups in total. The molecule has 0 fully saturated rings. The number of rotatable bonds is 4. The van der Waals surface area contributed by atoms with Crippen LogP contribution in [0, 0.1) is 0 Å². The molecule has 0 spiro atoms. The Labute approximate surface area is 406 Å². The van der Waals surface area contributed by atoms with Crippen molar-refractivity contribution >= 4 is 139 Å². The Morgan fingerprint density at radius 3 is 1.79 bits per heavy atom. The van der Waals surface area contributed by atoms with Crippen molar-refractivity contribution in [2.24, 2.45) is 0 Å².